The summed E-state index contributed by atoms with van der Waals surface area (Å²) in [4.78, 5) is 0.378. The van der Waals surface area contributed by atoms with Crippen LogP contribution < -0.4 is 5.32 Å². The van der Waals surface area contributed by atoms with Gasteiger partial charge in [0.05, 0.1) is 4.90 Å². The molecule has 0 heterocycles. The first-order valence-corrected chi connectivity index (χ1v) is 8.41. The van der Waals surface area contributed by atoms with E-state index in [9.17, 15) is 8.42 Å². The van der Waals surface area contributed by atoms with Gasteiger partial charge in [-0.2, -0.15) is 0 Å². The molecule has 0 aliphatic carbocycles. The molecule has 1 rings (SSSR count). The molecular weight excluding hydrogens is 258 g/mol. The van der Waals surface area contributed by atoms with Gasteiger partial charge >= 0.3 is 0 Å². The van der Waals surface area contributed by atoms with Crippen LogP contribution in [0, 0.1) is 0 Å². The molecule has 0 aromatic heterocycles. The van der Waals surface area contributed by atoms with Crippen molar-refractivity contribution in [1.82, 2.24) is 5.32 Å². The number of hydrogen-bond acceptors (Lipinski definition) is 3. The molecule has 0 saturated carbocycles. The molecule has 4 heteroatoms. The molecule has 0 amide bonds. The summed E-state index contributed by atoms with van der Waals surface area (Å²) in [6.45, 7) is 8.82. The van der Waals surface area contributed by atoms with Crippen LogP contribution in [0.4, 0.5) is 0 Å². The number of nitrogens with one attached hydrogen (secondary N) is 1. The highest BCUT2D eigenvalue weighted by molar-refractivity contribution is 7.90. The second-order valence-corrected chi connectivity index (χ2v) is 6.97. The van der Waals surface area contributed by atoms with Crippen molar-refractivity contribution in [2.24, 2.45) is 0 Å². The summed E-state index contributed by atoms with van der Waals surface area (Å²) < 4.78 is 23.2. The average Bonchev–Trinajstić information content (AvgIpc) is 2.33. The Balaban J connectivity index is 2.99. The van der Waals surface area contributed by atoms with E-state index in [1.54, 1.807) is 18.2 Å². The Morgan fingerprint density at radius 2 is 2.11 bits per heavy atom. The zero-order chi connectivity index (χ0) is 14.5. The number of hydrogen-bond donors (Lipinski definition) is 1. The van der Waals surface area contributed by atoms with E-state index in [0.29, 0.717) is 4.90 Å². The third-order valence-corrected chi connectivity index (χ3v) is 4.11. The summed E-state index contributed by atoms with van der Waals surface area (Å²) in [5.41, 5.74) is 2.16. The predicted molar refractivity (Wildman–Crippen MR) is 80.0 cm³/mol. The molecule has 3 nitrogen and oxygen atoms in total. The van der Waals surface area contributed by atoms with Crippen LogP contribution in [0.5, 0.6) is 0 Å². The van der Waals surface area contributed by atoms with Gasteiger partial charge < -0.3 is 5.32 Å². The van der Waals surface area contributed by atoms with Gasteiger partial charge in [-0.05, 0) is 44.0 Å². The van der Waals surface area contributed by atoms with Crippen LogP contribution in [-0.4, -0.2) is 21.2 Å². The molecule has 0 aliphatic heterocycles. The molecule has 106 valence electrons. The number of rotatable bonds is 7. The summed E-state index contributed by atoms with van der Waals surface area (Å²) in [6, 6.07) is 7.35. The monoisotopic (exact) mass is 281 g/mol. The highest BCUT2D eigenvalue weighted by Gasteiger charge is 2.13. The zero-order valence-corrected chi connectivity index (χ0v) is 12.8. The lowest BCUT2D eigenvalue weighted by atomic mass is 10.00. The van der Waals surface area contributed by atoms with E-state index < -0.39 is 9.84 Å². The quantitative estimate of drug-likeness (QED) is 0.781. The lowest BCUT2D eigenvalue weighted by Gasteiger charge is -2.19. The largest absolute Gasteiger partial charge is 0.310 e. The Morgan fingerprint density at radius 1 is 1.42 bits per heavy atom. The number of sulfone groups is 1. The third kappa shape index (κ3) is 5.17. The van der Waals surface area contributed by atoms with E-state index in [1.165, 1.54) is 6.26 Å². The van der Waals surface area contributed by atoms with Gasteiger partial charge in [0.1, 0.15) is 0 Å². The molecule has 0 saturated heterocycles. The summed E-state index contributed by atoms with van der Waals surface area (Å²) >= 11 is 0. The summed E-state index contributed by atoms with van der Waals surface area (Å²) in [6.07, 6.45) is 3.10. The topological polar surface area (TPSA) is 46.2 Å². The average molecular weight is 281 g/mol. The molecule has 1 atom stereocenters. The molecule has 1 aromatic rings. The second-order valence-electron chi connectivity index (χ2n) is 4.95. The van der Waals surface area contributed by atoms with Gasteiger partial charge in [-0.3, -0.25) is 0 Å². The minimum Gasteiger partial charge on any atom is -0.310 e. The van der Waals surface area contributed by atoms with E-state index in [1.807, 2.05) is 19.9 Å². The maximum absolute atomic E-state index is 11.6. The Bertz CT molecular complexity index is 535. The molecule has 19 heavy (non-hydrogen) atoms. The zero-order valence-electron chi connectivity index (χ0n) is 11.9. The van der Waals surface area contributed by atoms with E-state index >= 15 is 0 Å². The Labute approximate surface area is 116 Å². The minimum absolute atomic E-state index is 0.170. The second kappa shape index (κ2) is 6.87. The molecule has 1 N–H and O–H groups in total. The normalized spacial score (nSPS) is 13.2. The van der Waals surface area contributed by atoms with Crippen molar-refractivity contribution in [2.75, 3.05) is 12.8 Å². The van der Waals surface area contributed by atoms with E-state index in [4.69, 9.17) is 0 Å². The van der Waals surface area contributed by atoms with Gasteiger partial charge in [-0.1, -0.05) is 24.6 Å². The molecule has 0 radical (unpaired) electrons. The van der Waals surface area contributed by atoms with Gasteiger partial charge in [-0.15, -0.1) is 6.58 Å². The maximum atomic E-state index is 11.6. The summed E-state index contributed by atoms with van der Waals surface area (Å²) in [5, 5.41) is 3.40. The summed E-state index contributed by atoms with van der Waals surface area (Å²) in [7, 11) is -3.15. The first-order valence-electron chi connectivity index (χ1n) is 6.52. The Hall–Kier alpha value is -1.13. The summed E-state index contributed by atoms with van der Waals surface area (Å²) in [5.74, 6) is 0. The van der Waals surface area contributed by atoms with E-state index in [0.717, 1.165) is 30.5 Å². The predicted octanol–water partition coefficient (Wildman–Crippen LogP) is 3.10. The minimum atomic E-state index is -3.15. The van der Waals surface area contributed by atoms with Crippen LogP contribution in [0.3, 0.4) is 0 Å². The fraction of sp³-hybridized carbons (Fsp3) is 0.467. The Morgan fingerprint density at radius 3 is 2.63 bits per heavy atom. The first-order chi connectivity index (χ1) is 8.84. The molecule has 0 spiro atoms. The molecule has 1 aromatic carbocycles. The van der Waals surface area contributed by atoms with E-state index in [-0.39, 0.29) is 6.04 Å². The fourth-order valence-electron chi connectivity index (χ4n) is 1.99. The molecule has 1 unspecified atom stereocenters. The molecule has 0 bridgehead atoms. The lowest BCUT2D eigenvalue weighted by molar-refractivity contribution is 0.513. The van der Waals surface area contributed by atoms with Gasteiger partial charge in [0.2, 0.25) is 0 Å². The third-order valence-electron chi connectivity index (χ3n) is 3.00. The van der Waals surface area contributed by atoms with Crippen LogP contribution in [-0.2, 0) is 9.84 Å². The van der Waals surface area contributed by atoms with Crippen molar-refractivity contribution in [3.63, 3.8) is 0 Å². The number of allylic oxidation sites excluding steroid dienone is 1. The SMILES string of the molecule is C=C(C)CCC(NCC)c1cccc(S(C)(=O)=O)c1. The molecular formula is C15H23NO2S. The molecule has 0 fully saturated rings. The van der Waals surface area contributed by atoms with Crippen molar-refractivity contribution >= 4 is 9.84 Å². The van der Waals surface area contributed by atoms with Gasteiger partial charge in [0, 0.05) is 12.3 Å². The first kappa shape index (κ1) is 15.9. The van der Waals surface area contributed by atoms with Gasteiger partial charge in [-0.25, -0.2) is 8.42 Å². The van der Waals surface area contributed by atoms with Crippen molar-refractivity contribution in [2.45, 2.75) is 37.6 Å². The fourth-order valence-corrected chi connectivity index (χ4v) is 2.66. The van der Waals surface area contributed by atoms with Gasteiger partial charge in [0.15, 0.2) is 9.84 Å². The van der Waals surface area contributed by atoms with Gasteiger partial charge in [0.25, 0.3) is 0 Å². The number of benzene rings is 1. The van der Waals surface area contributed by atoms with Crippen LogP contribution in [0.25, 0.3) is 0 Å². The van der Waals surface area contributed by atoms with Crippen molar-refractivity contribution in [3.8, 4) is 0 Å². The van der Waals surface area contributed by atoms with Crippen molar-refractivity contribution < 1.29 is 8.42 Å². The standard InChI is InChI=1S/C15H23NO2S/c1-5-16-15(10-9-12(2)3)13-7-6-8-14(11-13)19(4,17)18/h6-8,11,15-16H,2,5,9-10H2,1,3-4H3. The van der Waals surface area contributed by atoms with Crippen LogP contribution >= 0.6 is 0 Å². The smallest absolute Gasteiger partial charge is 0.175 e. The highest BCUT2D eigenvalue weighted by atomic mass is 32.2. The van der Waals surface area contributed by atoms with Crippen LogP contribution in [0.15, 0.2) is 41.3 Å². The van der Waals surface area contributed by atoms with E-state index in [2.05, 4.69) is 11.9 Å². The van der Waals surface area contributed by atoms with Crippen LogP contribution in [0.1, 0.15) is 38.3 Å². The van der Waals surface area contributed by atoms with Crippen molar-refractivity contribution in [3.05, 3.63) is 42.0 Å². The maximum Gasteiger partial charge on any atom is 0.175 e. The van der Waals surface area contributed by atoms with Crippen LogP contribution in [0.2, 0.25) is 0 Å². The van der Waals surface area contributed by atoms with Crippen molar-refractivity contribution in [1.29, 1.82) is 0 Å². The lowest BCUT2D eigenvalue weighted by Crippen LogP contribution is -2.21. The highest BCUT2D eigenvalue weighted by Crippen LogP contribution is 2.23. The molecule has 0 aliphatic rings. The Kier molecular flexibility index (Phi) is 5.76.